The molecule has 29 heavy (non-hydrogen) atoms. The van der Waals surface area contributed by atoms with Crippen LogP contribution in [0.3, 0.4) is 0 Å². The quantitative estimate of drug-likeness (QED) is 0.487. The molecule has 2 heterocycles. The summed E-state index contributed by atoms with van der Waals surface area (Å²) < 4.78 is 0.507. The molecule has 2 aromatic carbocycles. The fourth-order valence-corrected chi connectivity index (χ4v) is 4.97. The third-order valence-corrected chi connectivity index (χ3v) is 6.50. The van der Waals surface area contributed by atoms with Gasteiger partial charge in [-0.1, -0.05) is 79.8 Å². The number of carbonyl (C=O) groups is 2. The molecule has 2 aromatic rings. The Bertz CT molecular complexity index is 1050. The fourth-order valence-electron chi connectivity index (χ4n) is 3.50. The van der Waals surface area contributed by atoms with Crippen molar-refractivity contribution in [3.8, 4) is 0 Å². The number of fused-ring (bicyclic) bond motifs is 1. The minimum atomic E-state index is -0.180. The largest absolute Gasteiger partial charge is 0.303 e. The van der Waals surface area contributed by atoms with Gasteiger partial charge in [-0.25, -0.2) is 0 Å². The molecule has 0 N–H and O–H groups in total. The standard InChI is InChI=1S/C22H19ClN2O2S2/c1-13(2)11-25-21(27)19(29-22(25)28)18-16-5-3-4-6-17(16)24(20(18)26)12-14-7-9-15(23)10-8-14/h3-10,13H,11-12H2,1-2H3/b19-18-. The first-order valence-corrected chi connectivity index (χ1v) is 10.9. The van der Waals surface area contributed by atoms with Gasteiger partial charge in [-0.3, -0.25) is 14.5 Å². The second-order valence-corrected chi connectivity index (χ2v) is 9.50. The van der Waals surface area contributed by atoms with Gasteiger partial charge in [0.1, 0.15) is 4.32 Å². The monoisotopic (exact) mass is 442 g/mol. The maximum Gasteiger partial charge on any atom is 0.267 e. The lowest BCUT2D eigenvalue weighted by Gasteiger charge is -2.17. The molecule has 0 saturated carbocycles. The van der Waals surface area contributed by atoms with E-state index in [-0.39, 0.29) is 17.7 Å². The number of amides is 2. The lowest BCUT2D eigenvalue weighted by molar-refractivity contribution is -0.122. The van der Waals surface area contributed by atoms with Crippen molar-refractivity contribution in [3.63, 3.8) is 0 Å². The number of hydrogen-bond acceptors (Lipinski definition) is 4. The molecule has 4 nitrogen and oxygen atoms in total. The van der Waals surface area contributed by atoms with Crippen molar-refractivity contribution in [2.24, 2.45) is 5.92 Å². The molecule has 2 aliphatic heterocycles. The molecule has 7 heteroatoms. The number of anilines is 1. The Morgan fingerprint density at radius 1 is 1.00 bits per heavy atom. The Morgan fingerprint density at radius 3 is 2.38 bits per heavy atom. The molecule has 0 radical (unpaired) electrons. The topological polar surface area (TPSA) is 40.6 Å². The predicted molar refractivity (Wildman–Crippen MR) is 123 cm³/mol. The molecule has 0 aliphatic carbocycles. The number of thioether (sulfide) groups is 1. The van der Waals surface area contributed by atoms with Crippen LogP contribution in [-0.4, -0.2) is 27.6 Å². The van der Waals surface area contributed by atoms with E-state index in [4.69, 9.17) is 23.8 Å². The van der Waals surface area contributed by atoms with Crippen molar-refractivity contribution < 1.29 is 9.59 Å². The van der Waals surface area contributed by atoms with Crippen molar-refractivity contribution in [1.82, 2.24) is 4.90 Å². The summed E-state index contributed by atoms with van der Waals surface area (Å²) >= 11 is 12.6. The van der Waals surface area contributed by atoms with Crippen LogP contribution in [0.1, 0.15) is 25.0 Å². The van der Waals surface area contributed by atoms with Crippen molar-refractivity contribution in [2.75, 3.05) is 11.4 Å². The Hall–Kier alpha value is -2.15. The number of para-hydroxylation sites is 1. The van der Waals surface area contributed by atoms with Crippen LogP contribution >= 0.6 is 35.6 Å². The van der Waals surface area contributed by atoms with Gasteiger partial charge in [-0.2, -0.15) is 0 Å². The zero-order valence-corrected chi connectivity index (χ0v) is 18.4. The number of thiocarbonyl (C=S) groups is 1. The molecule has 0 bridgehead atoms. The molecular formula is C22H19ClN2O2S2. The second-order valence-electron chi connectivity index (χ2n) is 7.42. The molecule has 148 valence electrons. The van der Waals surface area contributed by atoms with Crippen LogP contribution in [0.4, 0.5) is 5.69 Å². The Labute approximate surface area is 184 Å². The number of rotatable bonds is 4. The van der Waals surface area contributed by atoms with E-state index in [0.717, 1.165) is 16.8 Å². The van der Waals surface area contributed by atoms with Gasteiger partial charge in [-0.15, -0.1) is 0 Å². The summed E-state index contributed by atoms with van der Waals surface area (Å²) in [7, 11) is 0. The highest BCUT2D eigenvalue weighted by Crippen LogP contribution is 2.45. The van der Waals surface area contributed by atoms with Crippen LogP contribution in [0.2, 0.25) is 5.02 Å². The van der Waals surface area contributed by atoms with Crippen molar-refractivity contribution in [1.29, 1.82) is 0 Å². The molecule has 2 aliphatic rings. The Balaban J connectivity index is 1.75. The first-order valence-electron chi connectivity index (χ1n) is 9.30. The average molecular weight is 443 g/mol. The molecule has 0 atom stereocenters. The normalized spacial score (nSPS) is 19.0. The third kappa shape index (κ3) is 3.72. The molecule has 4 rings (SSSR count). The lowest BCUT2D eigenvalue weighted by atomic mass is 10.1. The summed E-state index contributed by atoms with van der Waals surface area (Å²) in [6, 6.07) is 15.0. The number of nitrogens with zero attached hydrogens (tertiary/aromatic N) is 2. The zero-order valence-electron chi connectivity index (χ0n) is 16.0. The molecule has 2 amide bonds. The molecule has 1 fully saturated rings. The predicted octanol–water partition coefficient (Wildman–Crippen LogP) is 5.11. The number of benzene rings is 2. The van der Waals surface area contributed by atoms with Crippen LogP contribution < -0.4 is 4.90 Å². The van der Waals surface area contributed by atoms with Gasteiger partial charge >= 0.3 is 0 Å². The number of halogens is 1. The Morgan fingerprint density at radius 2 is 1.69 bits per heavy atom. The molecule has 0 unspecified atom stereocenters. The highest BCUT2D eigenvalue weighted by Gasteiger charge is 2.41. The Kier molecular flexibility index (Phi) is 5.51. The van der Waals surface area contributed by atoms with E-state index in [9.17, 15) is 9.59 Å². The summed E-state index contributed by atoms with van der Waals surface area (Å²) in [5.74, 6) is -0.0683. The first kappa shape index (κ1) is 20.1. The highest BCUT2D eigenvalue weighted by molar-refractivity contribution is 8.26. The van der Waals surface area contributed by atoms with Gasteiger partial charge in [0.15, 0.2) is 0 Å². The van der Waals surface area contributed by atoms with Crippen molar-refractivity contribution >= 4 is 63.0 Å². The summed E-state index contributed by atoms with van der Waals surface area (Å²) in [6.45, 7) is 5.03. The van der Waals surface area contributed by atoms with Crippen molar-refractivity contribution in [3.05, 3.63) is 69.6 Å². The second kappa shape index (κ2) is 7.94. The SMILES string of the molecule is CC(C)CN1C(=O)/C(=C2/C(=O)N(Cc3ccc(Cl)cc3)c3ccccc32)SC1=S. The molecule has 0 spiro atoms. The van der Waals surface area contributed by atoms with Gasteiger partial charge in [0.2, 0.25) is 0 Å². The van der Waals surface area contributed by atoms with E-state index in [1.165, 1.54) is 11.8 Å². The number of carbonyl (C=O) groups excluding carboxylic acids is 2. The lowest BCUT2D eigenvalue weighted by Crippen LogP contribution is -2.32. The minimum Gasteiger partial charge on any atom is -0.303 e. The van der Waals surface area contributed by atoms with E-state index < -0.39 is 0 Å². The maximum absolute atomic E-state index is 13.4. The summed E-state index contributed by atoms with van der Waals surface area (Å²) in [4.78, 5) is 30.2. The third-order valence-electron chi connectivity index (χ3n) is 4.80. The molecule has 1 saturated heterocycles. The molecule has 0 aromatic heterocycles. The van der Waals surface area contributed by atoms with Crippen LogP contribution in [-0.2, 0) is 16.1 Å². The van der Waals surface area contributed by atoms with Gasteiger partial charge in [0, 0.05) is 17.1 Å². The van der Waals surface area contributed by atoms with E-state index in [1.807, 2.05) is 50.2 Å². The van der Waals surface area contributed by atoms with Crippen LogP contribution in [0, 0.1) is 5.92 Å². The van der Waals surface area contributed by atoms with E-state index in [2.05, 4.69) is 0 Å². The van der Waals surface area contributed by atoms with Gasteiger partial charge in [0.25, 0.3) is 11.8 Å². The molecular weight excluding hydrogens is 424 g/mol. The summed E-state index contributed by atoms with van der Waals surface area (Å²) in [5.41, 5.74) is 2.98. The zero-order chi connectivity index (χ0) is 20.7. The van der Waals surface area contributed by atoms with Crippen LogP contribution in [0.25, 0.3) is 5.57 Å². The smallest absolute Gasteiger partial charge is 0.267 e. The highest BCUT2D eigenvalue weighted by atomic mass is 35.5. The van der Waals surface area contributed by atoms with E-state index in [1.54, 1.807) is 21.9 Å². The van der Waals surface area contributed by atoms with Crippen LogP contribution in [0.5, 0.6) is 0 Å². The average Bonchev–Trinajstić information content (AvgIpc) is 3.11. The fraction of sp³-hybridized carbons (Fsp3) is 0.227. The van der Waals surface area contributed by atoms with Crippen molar-refractivity contribution in [2.45, 2.75) is 20.4 Å². The van der Waals surface area contributed by atoms with Gasteiger partial charge in [-0.05, 0) is 29.7 Å². The van der Waals surface area contributed by atoms with Gasteiger partial charge in [0.05, 0.1) is 22.7 Å². The van der Waals surface area contributed by atoms with Crippen LogP contribution in [0.15, 0.2) is 53.4 Å². The summed E-state index contributed by atoms with van der Waals surface area (Å²) in [5, 5.41) is 0.649. The van der Waals surface area contributed by atoms with E-state index in [0.29, 0.717) is 32.9 Å². The maximum atomic E-state index is 13.4. The first-order chi connectivity index (χ1) is 13.9. The van der Waals surface area contributed by atoms with Gasteiger partial charge < -0.3 is 4.90 Å². The van der Waals surface area contributed by atoms with E-state index >= 15 is 0 Å². The summed E-state index contributed by atoms with van der Waals surface area (Å²) in [6.07, 6.45) is 0. The number of hydrogen-bond donors (Lipinski definition) is 0. The minimum absolute atomic E-state index is 0.175.